The standard InChI is InChI=1S/C17H15ClN2O3S/c1-11-8-12-6-7-14(19)9-16(12)20(17(11)21)24(22,23)10-13-4-2-3-5-15(13)18/h2-9H,10,19H2,1H3. The summed E-state index contributed by atoms with van der Waals surface area (Å²) < 4.78 is 26.6. The van der Waals surface area contributed by atoms with Crippen LogP contribution in [0.15, 0.2) is 53.3 Å². The summed E-state index contributed by atoms with van der Waals surface area (Å²) in [5, 5.41) is 0.967. The predicted molar refractivity (Wildman–Crippen MR) is 96.8 cm³/mol. The summed E-state index contributed by atoms with van der Waals surface area (Å²) in [6.07, 6.45) is 0. The van der Waals surface area contributed by atoms with Crippen molar-refractivity contribution in [2.75, 3.05) is 5.73 Å². The van der Waals surface area contributed by atoms with Crippen LogP contribution in [-0.4, -0.2) is 12.4 Å². The van der Waals surface area contributed by atoms with Gasteiger partial charge in [0.2, 0.25) is 10.0 Å². The minimum Gasteiger partial charge on any atom is -0.399 e. The number of aryl methyl sites for hydroxylation is 1. The summed E-state index contributed by atoms with van der Waals surface area (Å²) in [7, 11) is -3.97. The number of nitrogens with zero attached hydrogens (tertiary/aromatic N) is 1. The third kappa shape index (κ3) is 2.90. The van der Waals surface area contributed by atoms with Gasteiger partial charge in [0.15, 0.2) is 0 Å². The Balaban J connectivity index is 2.28. The first-order valence-electron chi connectivity index (χ1n) is 7.18. The number of rotatable bonds is 3. The van der Waals surface area contributed by atoms with Crippen molar-refractivity contribution >= 4 is 38.2 Å². The van der Waals surface area contributed by atoms with Crippen LogP contribution in [0.3, 0.4) is 0 Å². The molecule has 0 saturated carbocycles. The van der Waals surface area contributed by atoms with Gasteiger partial charge in [-0.3, -0.25) is 4.79 Å². The lowest BCUT2D eigenvalue weighted by molar-refractivity contribution is 0.586. The van der Waals surface area contributed by atoms with Crippen LogP contribution in [0.2, 0.25) is 5.02 Å². The van der Waals surface area contributed by atoms with E-state index < -0.39 is 15.6 Å². The molecule has 3 aromatic rings. The molecule has 1 heterocycles. The zero-order chi connectivity index (χ0) is 17.5. The van der Waals surface area contributed by atoms with Gasteiger partial charge in [-0.2, -0.15) is 0 Å². The first-order chi connectivity index (χ1) is 11.3. The second-order valence-electron chi connectivity index (χ2n) is 5.56. The Hall–Kier alpha value is -2.31. The predicted octanol–water partition coefficient (Wildman–Crippen LogP) is 2.92. The van der Waals surface area contributed by atoms with E-state index in [4.69, 9.17) is 17.3 Å². The molecule has 0 aliphatic carbocycles. The van der Waals surface area contributed by atoms with E-state index in [1.165, 1.54) is 6.07 Å². The maximum atomic E-state index is 12.9. The highest BCUT2D eigenvalue weighted by atomic mass is 35.5. The van der Waals surface area contributed by atoms with Crippen molar-refractivity contribution in [3.05, 3.63) is 75.0 Å². The van der Waals surface area contributed by atoms with Gasteiger partial charge in [-0.1, -0.05) is 35.9 Å². The van der Waals surface area contributed by atoms with Crippen molar-refractivity contribution in [2.45, 2.75) is 12.7 Å². The van der Waals surface area contributed by atoms with Gasteiger partial charge in [-0.15, -0.1) is 0 Å². The molecule has 0 spiro atoms. The molecule has 2 aromatic carbocycles. The monoisotopic (exact) mass is 362 g/mol. The topological polar surface area (TPSA) is 82.2 Å². The lowest BCUT2D eigenvalue weighted by Crippen LogP contribution is -2.30. The summed E-state index contributed by atoms with van der Waals surface area (Å²) in [5.74, 6) is -0.375. The van der Waals surface area contributed by atoms with E-state index in [0.29, 0.717) is 27.2 Å². The summed E-state index contributed by atoms with van der Waals surface area (Å²) in [5.41, 5.74) is 6.61. The molecule has 7 heteroatoms. The van der Waals surface area contributed by atoms with E-state index in [2.05, 4.69) is 0 Å². The molecular weight excluding hydrogens is 348 g/mol. The van der Waals surface area contributed by atoms with Gasteiger partial charge in [0.1, 0.15) is 0 Å². The van der Waals surface area contributed by atoms with E-state index in [1.807, 2.05) is 0 Å². The summed E-state index contributed by atoms with van der Waals surface area (Å²) >= 11 is 6.06. The molecule has 0 unspecified atom stereocenters. The number of aromatic nitrogens is 1. The molecule has 0 saturated heterocycles. The number of hydrogen-bond donors (Lipinski definition) is 1. The quantitative estimate of drug-likeness (QED) is 0.726. The number of nitrogen functional groups attached to an aromatic ring is 1. The minimum atomic E-state index is -3.97. The molecule has 0 fully saturated rings. The Morgan fingerprint density at radius 1 is 1.12 bits per heavy atom. The van der Waals surface area contributed by atoms with Crippen molar-refractivity contribution in [1.82, 2.24) is 3.97 Å². The zero-order valence-electron chi connectivity index (χ0n) is 12.9. The van der Waals surface area contributed by atoms with Crippen LogP contribution >= 0.6 is 11.6 Å². The first kappa shape index (κ1) is 16.5. The second-order valence-corrected chi connectivity index (χ2v) is 7.79. The number of anilines is 1. The van der Waals surface area contributed by atoms with Crippen LogP contribution in [0, 0.1) is 6.92 Å². The molecule has 0 bridgehead atoms. The third-order valence-corrected chi connectivity index (χ3v) is 5.70. The van der Waals surface area contributed by atoms with E-state index in [-0.39, 0.29) is 11.3 Å². The molecule has 2 N–H and O–H groups in total. The average Bonchev–Trinajstić information content (AvgIpc) is 2.51. The van der Waals surface area contributed by atoms with Crippen LogP contribution < -0.4 is 11.3 Å². The molecule has 5 nitrogen and oxygen atoms in total. The highest BCUT2D eigenvalue weighted by Gasteiger charge is 2.21. The fourth-order valence-corrected chi connectivity index (χ4v) is 4.49. The molecule has 24 heavy (non-hydrogen) atoms. The van der Waals surface area contributed by atoms with Gasteiger partial charge in [0, 0.05) is 16.3 Å². The van der Waals surface area contributed by atoms with Crippen LogP contribution in [0.5, 0.6) is 0 Å². The Morgan fingerprint density at radius 3 is 2.54 bits per heavy atom. The molecule has 0 atom stereocenters. The van der Waals surface area contributed by atoms with Crippen molar-refractivity contribution in [3.63, 3.8) is 0 Å². The lowest BCUT2D eigenvalue weighted by Gasteiger charge is -2.13. The Bertz CT molecular complexity index is 1100. The van der Waals surface area contributed by atoms with Gasteiger partial charge < -0.3 is 5.73 Å². The Morgan fingerprint density at radius 2 is 1.83 bits per heavy atom. The third-order valence-electron chi connectivity index (χ3n) is 3.74. The van der Waals surface area contributed by atoms with E-state index >= 15 is 0 Å². The fraction of sp³-hybridized carbons (Fsp3) is 0.118. The molecule has 3 rings (SSSR count). The van der Waals surface area contributed by atoms with Gasteiger partial charge in [-0.05, 0) is 42.1 Å². The zero-order valence-corrected chi connectivity index (χ0v) is 14.4. The normalized spacial score (nSPS) is 11.8. The highest BCUT2D eigenvalue weighted by Crippen LogP contribution is 2.22. The average molecular weight is 363 g/mol. The number of pyridine rings is 1. The molecular formula is C17H15ClN2O3S. The summed E-state index contributed by atoms with van der Waals surface area (Å²) in [4.78, 5) is 12.5. The number of hydrogen-bond acceptors (Lipinski definition) is 4. The number of fused-ring (bicyclic) bond motifs is 1. The number of benzene rings is 2. The maximum Gasteiger partial charge on any atom is 0.267 e. The largest absolute Gasteiger partial charge is 0.399 e. The van der Waals surface area contributed by atoms with E-state index in [1.54, 1.807) is 49.4 Å². The van der Waals surface area contributed by atoms with Gasteiger partial charge in [0.25, 0.3) is 5.56 Å². The van der Waals surface area contributed by atoms with Crippen LogP contribution in [-0.2, 0) is 15.8 Å². The van der Waals surface area contributed by atoms with Crippen LogP contribution in [0.25, 0.3) is 10.9 Å². The van der Waals surface area contributed by atoms with Crippen molar-refractivity contribution in [1.29, 1.82) is 0 Å². The molecule has 0 aliphatic heterocycles. The van der Waals surface area contributed by atoms with Gasteiger partial charge >= 0.3 is 0 Å². The highest BCUT2D eigenvalue weighted by molar-refractivity contribution is 7.89. The minimum absolute atomic E-state index is 0.262. The number of nitrogens with two attached hydrogens (primary N) is 1. The second kappa shape index (κ2) is 5.96. The molecule has 1 aromatic heterocycles. The fourth-order valence-electron chi connectivity index (χ4n) is 2.58. The van der Waals surface area contributed by atoms with Gasteiger partial charge in [0.05, 0.1) is 11.3 Å². The molecule has 124 valence electrons. The smallest absolute Gasteiger partial charge is 0.267 e. The lowest BCUT2D eigenvalue weighted by atomic mass is 10.1. The van der Waals surface area contributed by atoms with Crippen molar-refractivity contribution in [3.8, 4) is 0 Å². The van der Waals surface area contributed by atoms with Crippen molar-refractivity contribution in [2.24, 2.45) is 0 Å². The number of halogens is 1. The molecule has 0 aliphatic rings. The Labute approximate surface area is 144 Å². The molecule has 0 amide bonds. The van der Waals surface area contributed by atoms with Crippen LogP contribution in [0.4, 0.5) is 5.69 Å². The van der Waals surface area contributed by atoms with E-state index in [0.717, 1.165) is 3.97 Å². The molecule has 0 radical (unpaired) electrons. The van der Waals surface area contributed by atoms with Crippen molar-refractivity contribution < 1.29 is 8.42 Å². The van der Waals surface area contributed by atoms with E-state index in [9.17, 15) is 13.2 Å². The first-order valence-corrected chi connectivity index (χ1v) is 9.17. The summed E-state index contributed by atoms with van der Waals surface area (Å²) in [6, 6.07) is 13.1. The Kier molecular flexibility index (Phi) is 4.11. The van der Waals surface area contributed by atoms with Gasteiger partial charge in [-0.25, -0.2) is 12.4 Å². The van der Waals surface area contributed by atoms with Crippen LogP contribution in [0.1, 0.15) is 11.1 Å². The SMILES string of the molecule is Cc1cc2ccc(N)cc2n(S(=O)(=O)Cc2ccccc2Cl)c1=O. The summed E-state index contributed by atoms with van der Waals surface area (Å²) in [6.45, 7) is 1.58. The maximum absolute atomic E-state index is 12.9.